The molecule has 0 radical (unpaired) electrons. The van der Waals surface area contributed by atoms with E-state index >= 15 is 0 Å². The number of benzene rings is 1. The standard InChI is InChI=1S/C16H17NO4S/c1-16(2)20-9-12(21-16)8-19-15(18)13-10-22-14(17-13)11-6-4-3-5-7-11/h3-7,10,12H,8-9H2,1-2H3. The lowest BCUT2D eigenvalue weighted by Crippen LogP contribution is -2.25. The van der Waals surface area contributed by atoms with E-state index in [1.807, 2.05) is 44.2 Å². The fourth-order valence-electron chi connectivity index (χ4n) is 2.17. The molecule has 1 unspecified atom stereocenters. The van der Waals surface area contributed by atoms with Gasteiger partial charge in [-0.25, -0.2) is 9.78 Å². The van der Waals surface area contributed by atoms with Crippen molar-refractivity contribution in [3.63, 3.8) is 0 Å². The van der Waals surface area contributed by atoms with Crippen LogP contribution in [0, 0.1) is 0 Å². The summed E-state index contributed by atoms with van der Waals surface area (Å²) in [4.78, 5) is 16.4. The first-order valence-corrected chi connectivity index (χ1v) is 7.91. The quantitative estimate of drug-likeness (QED) is 0.810. The molecule has 1 atom stereocenters. The fraction of sp³-hybridized carbons (Fsp3) is 0.375. The molecule has 0 saturated carbocycles. The number of thiazole rings is 1. The number of carbonyl (C=O) groups is 1. The summed E-state index contributed by atoms with van der Waals surface area (Å²) in [6.45, 7) is 4.26. The minimum atomic E-state index is -0.613. The fourth-order valence-corrected chi connectivity index (χ4v) is 2.96. The van der Waals surface area contributed by atoms with Gasteiger partial charge in [0, 0.05) is 10.9 Å². The molecular weight excluding hydrogens is 302 g/mol. The highest BCUT2D eigenvalue weighted by molar-refractivity contribution is 7.13. The van der Waals surface area contributed by atoms with Crippen LogP contribution in [0.15, 0.2) is 35.7 Å². The van der Waals surface area contributed by atoms with Gasteiger partial charge in [-0.15, -0.1) is 11.3 Å². The van der Waals surface area contributed by atoms with Crippen LogP contribution in [0.3, 0.4) is 0 Å². The van der Waals surface area contributed by atoms with Crippen molar-refractivity contribution in [2.45, 2.75) is 25.7 Å². The van der Waals surface area contributed by atoms with Gasteiger partial charge < -0.3 is 14.2 Å². The van der Waals surface area contributed by atoms with Crippen molar-refractivity contribution < 1.29 is 19.0 Å². The van der Waals surface area contributed by atoms with Crippen LogP contribution in [0.5, 0.6) is 0 Å². The van der Waals surface area contributed by atoms with Gasteiger partial charge >= 0.3 is 5.97 Å². The van der Waals surface area contributed by atoms with Crippen LogP contribution in [0.1, 0.15) is 24.3 Å². The number of esters is 1. The van der Waals surface area contributed by atoms with Crippen LogP contribution in [0.4, 0.5) is 0 Å². The van der Waals surface area contributed by atoms with E-state index in [1.54, 1.807) is 5.38 Å². The van der Waals surface area contributed by atoms with Gasteiger partial charge in [-0.1, -0.05) is 30.3 Å². The second-order valence-corrected chi connectivity index (χ2v) is 6.31. The molecule has 3 rings (SSSR count). The molecule has 0 amide bonds. The summed E-state index contributed by atoms with van der Waals surface area (Å²) in [7, 11) is 0. The Balaban J connectivity index is 1.58. The molecule has 0 bridgehead atoms. The lowest BCUT2D eigenvalue weighted by molar-refractivity contribution is -0.142. The smallest absolute Gasteiger partial charge is 0.357 e. The van der Waals surface area contributed by atoms with Gasteiger partial charge in [0.15, 0.2) is 11.5 Å². The van der Waals surface area contributed by atoms with Crippen LogP contribution in [0.25, 0.3) is 10.6 Å². The van der Waals surface area contributed by atoms with Crippen LogP contribution < -0.4 is 0 Å². The number of rotatable bonds is 4. The maximum absolute atomic E-state index is 12.0. The van der Waals surface area contributed by atoms with Crippen molar-refractivity contribution >= 4 is 17.3 Å². The van der Waals surface area contributed by atoms with E-state index in [4.69, 9.17) is 14.2 Å². The molecule has 2 heterocycles. The first-order chi connectivity index (χ1) is 10.5. The molecule has 1 saturated heterocycles. The van der Waals surface area contributed by atoms with E-state index in [9.17, 15) is 4.79 Å². The molecule has 0 N–H and O–H groups in total. The molecule has 6 heteroatoms. The molecule has 1 aromatic heterocycles. The molecule has 0 spiro atoms. The third kappa shape index (κ3) is 3.52. The van der Waals surface area contributed by atoms with E-state index in [1.165, 1.54) is 11.3 Å². The lowest BCUT2D eigenvalue weighted by Gasteiger charge is -2.16. The van der Waals surface area contributed by atoms with Gasteiger partial charge in [-0.05, 0) is 13.8 Å². The molecule has 2 aromatic rings. The van der Waals surface area contributed by atoms with Crippen molar-refractivity contribution in [2.24, 2.45) is 0 Å². The number of carbonyl (C=O) groups excluding carboxylic acids is 1. The molecule has 0 aliphatic carbocycles. The lowest BCUT2D eigenvalue weighted by atomic mass is 10.2. The maximum Gasteiger partial charge on any atom is 0.357 e. The maximum atomic E-state index is 12.0. The Kier molecular flexibility index (Phi) is 4.24. The summed E-state index contributed by atoms with van der Waals surface area (Å²) in [6, 6.07) is 9.73. The minimum absolute atomic E-state index is 0.167. The zero-order chi connectivity index (χ0) is 15.6. The Morgan fingerprint density at radius 1 is 1.41 bits per heavy atom. The van der Waals surface area contributed by atoms with E-state index in [0.717, 1.165) is 10.6 Å². The number of aromatic nitrogens is 1. The summed E-state index contributed by atoms with van der Waals surface area (Å²) < 4.78 is 16.3. The van der Waals surface area contributed by atoms with Crippen molar-refractivity contribution in [3.8, 4) is 10.6 Å². The van der Waals surface area contributed by atoms with Gasteiger partial charge in [0.2, 0.25) is 0 Å². The molecule has 22 heavy (non-hydrogen) atoms. The van der Waals surface area contributed by atoms with Crippen molar-refractivity contribution in [1.82, 2.24) is 4.98 Å². The molecule has 1 aromatic carbocycles. The number of nitrogens with zero attached hydrogens (tertiary/aromatic N) is 1. The normalized spacial score (nSPS) is 20.0. The van der Waals surface area contributed by atoms with Crippen molar-refractivity contribution in [3.05, 3.63) is 41.4 Å². The first kappa shape index (κ1) is 15.1. The van der Waals surface area contributed by atoms with Crippen LogP contribution >= 0.6 is 11.3 Å². The largest absolute Gasteiger partial charge is 0.458 e. The van der Waals surface area contributed by atoms with E-state index in [-0.39, 0.29) is 12.7 Å². The summed E-state index contributed by atoms with van der Waals surface area (Å²) in [5.74, 6) is -1.05. The third-order valence-corrected chi connectivity index (χ3v) is 4.09. The third-order valence-electron chi connectivity index (χ3n) is 3.20. The summed E-state index contributed by atoms with van der Waals surface area (Å²) in [5, 5.41) is 2.51. The zero-order valence-electron chi connectivity index (χ0n) is 12.4. The highest BCUT2D eigenvalue weighted by Crippen LogP contribution is 2.25. The second kappa shape index (κ2) is 6.16. The Hall–Kier alpha value is -1.76. The minimum Gasteiger partial charge on any atom is -0.458 e. The number of hydrogen-bond donors (Lipinski definition) is 0. The van der Waals surface area contributed by atoms with Crippen molar-refractivity contribution in [2.75, 3.05) is 13.2 Å². The number of ether oxygens (including phenoxy) is 3. The summed E-state index contributed by atoms with van der Waals surface area (Å²) >= 11 is 1.42. The highest BCUT2D eigenvalue weighted by atomic mass is 32.1. The van der Waals surface area contributed by atoms with Gasteiger partial charge in [0.05, 0.1) is 6.61 Å². The molecule has 5 nitrogen and oxygen atoms in total. The Morgan fingerprint density at radius 3 is 2.86 bits per heavy atom. The Bertz CT molecular complexity index is 653. The Morgan fingerprint density at radius 2 is 2.18 bits per heavy atom. The monoisotopic (exact) mass is 319 g/mol. The van der Waals surface area contributed by atoms with Crippen LogP contribution in [-0.4, -0.2) is 36.1 Å². The predicted octanol–water partition coefficient (Wildman–Crippen LogP) is 3.12. The summed E-state index contributed by atoms with van der Waals surface area (Å²) in [6.07, 6.45) is -0.230. The van der Waals surface area contributed by atoms with Crippen molar-refractivity contribution in [1.29, 1.82) is 0 Å². The van der Waals surface area contributed by atoms with Gasteiger partial charge in [0.1, 0.15) is 17.7 Å². The van der Waals surface area contributed by atoms with Crippen LogP contribution in [0.2, 0.25) is 0 Å². The molecule has 1 aliphatic heterocycles. The van der Waals surface area contributed by atoms with E-state index in [2.05, 4.69) is 4.98 Å². The van der Waals surface area contributed by atoms with Gasteiger partial charge in [0.25, 0.3) is 0 Å². The van der Waals surface area contributed by atoms with Gasteiger partial charge in [-0.2, -0.15) is 0 Å². The van der Waals surface area contributed by atoms with Gasteiger partial charge in [-0.3, -0.25) is 0 Å². The molecular formula is C16H17NO4S. The Labute approximate surface area is 132 Å². The predicted molar refractivity (Wildman–Crippen MR) is 82.7 cm³/mol. The van der Waals surface area contributed by atoms with E-state index in [0.29, 0.717) is 12.3 Å². The van der Waals surface area contributed by atoms with E-state index < -0.39 is 11.8 Å². The second-order valence-electron chi connectivity index (χ2n) is 5.45. The average molecular weight is 319 g/mol. The first-order valence-electron chi connectivity index (χ1n) is 7.03. The SMILES string of the molecule is CC1(C)OCC(COC(=O)c2csc(-c3ccccc3)n2)O1. The molecule has 1 fully saturated rings. The topological polar surface area (TPSA) is 57.7 Å². The molecule has 1 aliphatic rings. The molecule has 116 valence electrons. The zero-order valence-corrected chi connectivity index (χ0v) is 13.3. The van der Waals surface area contributed by atoms with Crippen LogP contribution in [-0.2, 0) is 14.2 Å². The summed E-state index contributed by atoms with van der Waals surface area (Å²) in [5.41, 5.74) is 1.31. The highest BCUT2D eigenvalue weighted by Gasteiger charge is 2.33. The average Bonchev–Trinajstić information content (AvgIpc) is 3.12. The number of hydrogen-bond acceptors (Lipinski definition) is 6.